The summed E-state index contributed by atoms with van der Waals surface area (Å²) in [6.07, 6.45) is 0.347. The zero-order chi connectivity index (χ0) is 24.8. The fraction of sp³-hybridized carbons (Fsp3) is 0.667. The Hall–Kier alpha value is -3.42. The van der Waals surface area contributed by atoms with Crippen molar-refractivity contribution in [3.63, 3.8) is 0 Å². The van der Waals surface area contributed by atoms with Crippen molar-refractivity contribution in [3.05, 3.63) is 0 Å². The lowest BCUT2D eigenvalue weighted by Crippen LogP contribution is -2.55. The lowest BCUT2D eigenvalue weighted by atomic mass is 9.99. The minimum atomic E-state index is -1.43. The summed E-state index contributed by atoms with van der Waals surface area (Å²) in [6, 6.07) is -3.55. The van der Waals surface area contributed by atoms with Crippen LogP contribution in [0, 0.1) is 5.92 Å². The standard InChI is InChI=1S/C18H34N8O6/c1-3-9(2)14(20)16(30)24-8-13(28)25-11(7-12(19)27)15(29)26-10(17(31)32)5-4-6-23-18(21)22/h9-11,14H,3-8,20H2,1-2H3,(H2,19,27)(H,24,30)(H,25,28)(H,26,29)(H,31,32)(H4,21,22,23). The predicted molar refractivity (Wildman–Crippen MR) is 116 cm³/mol. The van der Waals surface area contributed by atoms with Gasteiger partial charge in [-0.3, -0.25) is 24.2 Å². The summed E-state index contributed by atoms with van der Waals surface area (Å²) in [5, 5.41) is 16.1. The number of primary amides is 1. The molecule has 0 bridgehead atoms. The van der Waals surface area contributed by atoms with Crippen molar-refractivity contribution in [3.8, 4) is 0 Å². The van der Waals surface area contributed by atoms with Crippen LogP contribution < -0.4 is 38.9 Å². The molecule has 0 aliphatic carbocycles. The number of aliphatic carboxylic acids is 1. The molecular formula is C18H34N8O6. The van der Waals surface area contributed by atoms with E-state index < -0.39 is 60.7 Å². The fourth-order valence-electron chi connectivity index (χ4n) is 2.49. The van der Waals surface area contributed by atoms with Crippen LogP contribution in [-0.4, -0.2) is 71.9 Å². The average molecular weight is 459 g/mol. The van der Waals surface area contributed by atoms with Gasteiger partial charge in [-0.05, 0) is 18.8 Å². The fourth-order valence-corrected chi connectivity index (χ4v) is 2.49. The summed E-state index contributed by atoms with van der Waals surface area (Å²) in [5.74, 6) is -4.72. The maximum atomic E-state index is 12.5. The topological polar surface area (TPSA) is 258 Å². The normalized spacial score (nSPS) is 14.2. The van der Waals surface area contributed by atoms with Gasteiger partial charge in [-0.2, -0.15) is 0 Å². The van der Waals surface area contributed by atoms with Crippen molar-refractivity contribution in [2.75, 3.05) is 13.1 Å². The lowest BCUT2D eigenvalue weighted by Gasteiger charge is -2.21. The summed E-state index contributed by atoms with van der Waals surface area (Å²) in [6.45, 7) is 3.31. The molecule has 0 heterocycles. The molecule has 0 fully saturated rings. The zero-order valence-corrected chi connectivity index (χ0v) is 18.3. The number of carbonyl (C=O) groups is 5. The van der Waals surface area contributed by atoms with Gasteiger partial charge in [0.05, 0.1) is 19.0 Å². The molecule has 14 nitrogen and oxygen atoms in total. The zero-order valence-electron chi connectivity index (χ0n) is 18.3. The molecule has 0 spiro atoms. The van der Waals surface area contributed by atoms with Crippen LogP contribution in [0.3, 0.4) is 0 Å². The maximum absolute atomic E-state index is 12.5. The first-order valence-electron chi connectivity index (χ1n) is 10.1. The number of guanidine groups is 1. The predicted octanol–water partition coefficient (Wildman–Crippen LogP) is -3.54. The molecule has 0 aromatic carbocycles. The van der Waals surface area contributed by atoms with Crippen molar-refractivity contribution in [1.29, 1.82) is 0 Å². The minimum Gasteiger partial charge on any atom is -0.480 e. The Kier molecular flexibility index (Phi) is 13.0. The maximum Gasteiger partial charge on any atom is 0.326 e. The van der Waals surface area contributed by atoms with E-state index in [0.717, 1.165) is 0 Å². The van der Waals surface area contributed by atoms with Crippen LogP contribution in [0.15, 0.2) is 4.99 Å². The first-order valence-corrected chi connectivity index (χ1v) is 10.1. The van der Waals surface area contributed by atoms with Crippen LogP contribution in [0.2, 0.25) is 0 Å². The average Bonchev–Trinajstić information content (AvgIpc) is 2.71. The first-order chi connectivity index (χ1) is 14.9. The quantitative estimate of drug-likeness (QED) is 0.0685. The third-order valence-electron chi connectivity index (χ3n) is 4.60. The molecule has 182 valence electrons. The van der Waals surface area contributed by atoms with E-state index >= 15 is 0 Å². The van der Waals surface area contributed by atoms with Gasteiger partial charge in [0.25, 0.3) is 0 Å². The molecule has 0 saturated carbocycles. The molecule has 14 heteroatoms. The Morgan fingerprint density at radius 3 is 2.12 bits per heavy atom. The number of aliphatic imine (C=N–C) groups is 1. The number of carboxylic acids is 1. The smallest absolute Gasteiger partial charge is 0.326 e. The number of hydrogen-bond acceptors (Lipinski definition) is 7. The Morgan fingerprint density at radius 1 is 1.00 bits per heavy atom. The second-order valence-corrected chi connectivity index (χ2v) is 7.27. The number of rotatable bonds is 15. The largest absolute Gasteiger partial charge is 0.480 e. The Labute approximate surface area is 185 Å². The van der Waals surface area contributed by atoms with Gasteiger partial charge in [0.15, 0.2) is 5.96 Å². The van der Waals surface area contributed by atoms with Crippen LogP contribution in [0.1, 0.15) is 39.5 Å². The van der Waals surface area contributed by atoms with Crippen molar-refractivity contribution in [2.45, 2.75) is 57.7 Å². The Morgan fingerprint density at radius 2 is 1.62 bits per heavy atom. The van der Waals surface area contributed by atoms with Crippen LogP contribution in [0.25, 0.3) is 0 Å². The number of nitrogens with one attached hydrogen (secondary N) is 3. The van der Waals surface area contributed by atoms with E-state index in [0.29, 0.717) is 6.42 Å². The van der Waals surface area contributed by atoms with Crippen molar-refractivity contribution in [2.24, 2.45) is 33.8 Å². The van der Waals surface area contributed by atoms with Gasteiger partial charge >= 0.3 is 5.97 Å². The summed E-state index contributed by atoms with van der Waals surface area (Å²) in [7, 11) is 0. The van der Waals surface area contributed by atoms with E-state index in [4.69, 9.17) is 22.9 Å². The van der Waals surface area contributed by atoms with E-state index in [-0.39, 0.29) is 31.3 Å². The highest BCUT2D eigenvalue weighted by molar-refractivity contribution is 5.95. The molecule has 0 aliphatic heterocycles. The highest BCUT2D eigenvalue weighted by atomic mass is 16.4. The monoisotopic (exact) mass is 458 g/mol. The molecule has 4 amide bonds. The number of amides is 4. The van der Waals surface area contributed by atoms with Gasteiger partial charge in [0, 0.05) is 6.54 Å². The van der Waals surface area contributed by atoms with Gasteiger partial charge in [-0.1, -0.05) is 20.3 Å². The number of nitrogens with two attached hydrogens (primary N) is 4. The Balaban J connectivity index is 4.96. The van der Waals surface area contributed by atoms with E-state index in [1.807, 2.05) is 6.92 Å². The molecule has 0 rings (SSSR count). The van der Waals surface area contributed by atoms with Crippen LogP contribution >= 0.6 is 0 Å². The minimum absolute atomic E-state index is 0.00134. The molecule has 32 heavy (non-hydrogen) atoms. The van der Waals surface area contributed by atoms with Gasteiger partial charge in [0.2, 0.25) is 23.6 Å². The Bertz CT molecular complexity index is 710. The first kappa shape index (κ1) is 28.6. The molecule has 12 N–H and O–H groups in total. The lowest BCUT2D eigenvalue weighted by molar-refractivity contribution is -0.142. The summed E-state index contributed by atoms with van der Waals surface area (Å²) in [4.78, 5) is 63.0. The molecule has 4 atom stereocenters. The van der Waals surface area contributed by atoms with Gasteiger partial charge < -0.3 is 44.0 Å². The van der Waals surface area contributed by atoms with E-state index in [9.17, 15) is 29.1 Å². The third kappa shape index (κ3) is 11.7. The SMILES string of the molecule is CCC(C)C(N)C(=O)NCC(=O)NC(CC(N)=O)C(=O)NC(CCCN=C(N)N)C(=O)O. The number of carboxylic acid groups (broad SMARTS) is 1. The number of carbonyl (C=O) groups excluding carboxylic acids is 4. The molecule has 0 radical (unpaired) electrons. The molecule has 0 saturated heterocycles. The van der Waals surface area contributed by atoms with E-state index in [1.165, 1.54) is 0 Å². The second kappa shape index (κ2) is 14.6. The molecular weight excluding hydrogens is 424 g/mol. The van der Waals surface area contributed by atoms with Crippen molar-refractivity contribution in [1.82, 2.24) is 16.0 Å². The molecule has 0 aromatic rings. The highest BCUT2D eigenvalue weighted by Crippen LogP contribution is 2.05. The summed E-state index contributed by atoms with van der Waals surface area (Å²) >= 11 is 0. The van der Waals surface area contributed by atoms with E-state index in [1.54, 1.807) is 6.92 Å². The number of hydrogen-bond donors (Lipinski definition) is 8. The third-order valence-corrected chi connectivity index (χ3v) is 4.60. The van der Waals surface area contributed by atoms with Gasteiger partial charge in [-0.15, -0.1) is 0 Å². The molecule has 0 aliphatic rings. The summed E-state index contributed by atoms with van der Waals surface area (Å²) < 4.78 is 0. The summed E-state index contributed by atoms with van der Waals surface area (Å²) in [5.41, 5.74) is 21.3. The highest BCUT2D eigenvalue weighted by Gasteiger charge is 2.28. The molecule has 0 aromatic heterocycles. The number of nitrogens with zero attached hydrogens (tertiary/aromatic N) is 1. The van der Waals surface area contributed by atoms with Crippen LogP contribution in [0.4, 0.5) is 0 Å². The molecule has 4 unspecified atom stereocenters. The van der Waals surface area contributed by atoms with Crippen LogP contribution in [0.5, 0.6) is 0 Å². The van der Waals surface area contributed by atoms with E-state index in [2.05, 4.69) is 20.9 Å². The van der Waals surface area contributed by atoms with Crippen molar-refractivity contribution < 1.29 is 29.1 Å². The van der Waals surface area contributed by atoms with Gasteiger partial charge in [0.1, 0.15) is 12.1 Å². The van der Waals surface area contributed by atoms with Gasteiger partial charge in [-0.25, -0.2) is 4.79 Å². The van der Waals surface area contributed by atoms with Crippen molar-refractivity contribution >= 4 is 35.6 Å². The van der Waals surface area contributed by atoms with Crippen LogP contribution in [-0.2, 0) is 24.0 Å². The second-order valence-electron chi connectivity index (χ2n) is 7.27.